The highest BCUT2D eigenvalue weighted by atomic mass is 16.2. The molecule has 2 N–H and O–H groups in total. The van der Waals surface area contributed by atoms with Crippen LogP contribution in [0.1, 0.15) is 50.6 Å². The molecule has 1 aromatic carbocycles. The predicted octanol–water partition coefficient (Wildman–Crippen LogP) is 3.00. The summed E-state index contributed by atoms with van der Waals surface area (Å²) in [6.07, 6.45) is 4.77. The second-order valence-corrected chi connectivity index (χ2v) is 4.96. The molecule has 0 saturated carbocycles. The highest BCUT2D eigenvalue weighted by Gasteiger charge is 2.25. The van der Waals surface area contributed by atoms with Crippen molar-refractivity contribution < 1.29 is 4.79 Å². The van der Waals surface area contributed by atoms with E-state index in [4.69, 9.17) is 5.73 Å². The van der Waals surface area contributed by atoms with Crippen LogP contribution in [0.2, 0.25) is 0 Å². The van der Waals surface area contributed by atoms with Gasteiger partial charge in [-0.15, -0.1) is 0 Å². The minimum absolute atomic E-state index is 0.0703. The van der Waals surface area contributed by atoms with Crippen LogP contribution in [0.5, 0.6) is 0 Å². The lowest BCUT2D eigenvalue weighted by molar-refractivity contribution is -0.118. The van der Waals surface area contributed by atoms with E-state index in [1.54, 1.807) is 0 Å². The second kappa shape index (κ2) is 6.01. The first-order valence-corrected chi connectivity index (χ1v) is 6.89. The smallest absolute Gasteiger partial charge is 0.226 e. The monoisotopic (exact) mass is 246 g/mol. The lowest BCUT2D eigenvalue weighted by Crippen LogP contribution is -2.38. The van der Waals surface area contributed by atoms with Crippen LogP contribution < -0.4 is 10.6 Å². The summed E-state index contributed by atoms with van der Waals surface area (Å²) in [7, 11) is 0. The molecular weight excluding hydrogens is 224 g/mol. The molecule has 3 heteroatoms. The molecule has 1 heterocycles. The number of amides is 1. The van der Waals surface area contributed by atoms with Crippen LogP contribution in [0, 0.1) is 0 Å². The van der Waals surface area contributed by atoms with Gasteiger partial charge in [-0.1, -0.05) is 38.0 Å². The van der Waals surface area contributed by atoms with Crippen molar-refractivity contribution in [3.05, 3.63) is 29.8 Å². The van der Waals surface area contributed by atoms with Crippen molar-refractivity contribution in [1.29, 1.82) is 0 Å². The summed E-state index contributed by atoms with van der Waals surface area (Å²) in [5.74, 6) is 0.239. The van der Waals surface area contributed by atoms with Gasteiger partial charge in [-0.2, -0.15) is 0 Å². The van der Waals surface area contributed by atoms with E-state index in [-0.39, 0.29) is 11.9 Å². The van der Waals surface area contributed by atoms with Crippen LogP contribution in [-0.4, -0.2) is 12.5 Å². The van der Waals surface area contributed by atoms with Crippen LogP contribution in [-0.2, 0) is 4.79 Å². The first-order valence-electron chi connectivity index (χ1n) is 6.89. The molecule has 0 spiro atoms. The molecule has 0 fully saturated rings. The Kier molecular flexibility index (Phi) is 4.37. The van der Waals surface area contributed by atoms with Crippen LogP contribution in [0.25, 0.3) is 0 Å². The first kappa shape index (κ1) is 13.1. The molecule has 0 radical (unpaired) electrons. The van der Waals surface area contributed by atoms with E-state index in [9.17, 15) is 4.79 Å². The Morgan fingerprint density at radius 1 is 1.39 bits per heavy atom. The number of carbonyl (C=O) groups is 1. The maximum Gasteiger partial charge on any atom is 0.226 e. The third-order valence-electron chi connectivity index (χ3n) is 3.59. The summed E-state index contributed by atoms with van der Waals surface area (Å²) in [6.45, 7) is 2.91. The Morgan fingerprint density at radius 3 is 2.94 bits per heavy atom. The molecule has 0 aliphatic carbocycles. The van der Waals surface area contributed by atoms with Gasteiger partial charge >= 0.3 is 0 Å². The van der Waals surface area contributed by atoms with Gasteiger partial charge in [0, 0.05) is 24.7 Å². The number of carbonyl (C=O) groups excluding carboxylic acids is 1. The summed E-state index contributed by atoms with van der Waals surface area (Å²) in [5, 5.41) is 0. The Labute approximate surface area is 109 Å². The SMILES string of the molecule is CCCCCC(=O)N1CCC(N)c2ccccc21. The molecule has 98 valence electrons. The van der Waals surface area contributed by atoms with Crippen molar-refractivity contribution in [2.45, 2.75) is 45.1 Å². The summed E-state index contributed by atoms with van der Waals surface area (Å²) >= 11 is 0. The van der Waals surface area contributed by atoms with E-state index in [0.29, 0.717) is 6.42 Å². The molecule has 0 bridgehead atoms. The zero-order chi connectivity index (χ0) is 13.0. The van der Waals surface area contributed by atoms with E-state index >= 15 is 0 Å². The molecule has 0 saturated heterocycles. The van der Waals surface area contributed by atoms with Crippen molar-refractivity contribution in [2.24, 2.45) is 5.73 Å². The molecule has 18 heavy (non-hydrogen) atoms. The normalized spacial score (nSPS) is 18.6. The van der Waals surface area contributed by atoms with Crippen LogP contribution in [0.4, 0.5) is 5.69 Å². The fraction of sp³-hybridized carbons (Fsp3) is 0.533. The van der Waals surface area contributed by atoms with Crippen molar-refractivity contribution in [1.82, 2.24) is 0 Å². The summed E-state index contributed by atoms with van der Waals surface area (Å²) in [6, 6.07) is 8.07. The maximum absolute atomic E-state index is 12.2. The van der Waals surface area contributed by atoms with Crippen LogP contribution >= 0.6 is 0 Å². The van der Waals surface area contributed by atoms with Crippen molar-refractivity contribution in [3.63, 3.8) is 0 Å². The van der Waals surface area contributed by atoms with E-state index in [1.807, 2.05) is 29.2 Å². The Balaban J connectivity index is 2.11. The van der Waals surface area contributed by atoms with Gasteiger partial charge in [0.05, 0.1) is 0 Å². The lowest BCUT2D eigenvalue weighted by atomic mass is 9.97. The van der Waals surface area contributed by atoms with Gasteiger partial charge in [0.15, 0.2) is 0 Å². The minimum atomic E-state index is 0.0703. The van der Waals surface area contributed by atoms with Crippen molar-refractivity contribution >= 4 is 11.6 Å². The lowest BCUT2D eigenvalue weighted by Gasteiger charge is -2.32. The second-order valence-electron chi connectivity index (χ2n) is 4.96. The number of nitrogens with zero attached hydrogens (tertiary/aromatic N) is 1. The number of anilines is 1. The quantitative estimate of drug-likeness (QED) is 0.830. The van der Waals surface area contributed by atoms with E-state index < -0.39 is 0 Å². The number of nitrogens with two attached hydrogens (primary N) is 1. The van der Waals surface area contributed by atoms with E-state index in [2.05, 4.69) is 6.92 Å². The van der Waals surface area contributed by atoms with E-state index in [0.717, 1.165) is 43.5 Å². The molecule has 1 amide bonds. The fourth-order valence-electron chi connectivity index (χ4n) is 2.51. The number of unbranched alkanes of at least 4 members (excludes halogenated alkanes) is 2. The van der Waals surface area contributed by atoms with Gasteiger partial charge < -0.3 is 10.6 Å². The zero-order valence-electron chi connectivity index (χ0n) is 11.1. The number of para-hydroxylation sites is 1. The fourth-order valence-corrected chi connectivity index (χ4v) is 2.51. The molecular formula is C15H22N2O. The van der Waals surface area contributed by atoms with Gasteiger partial charge in [0.2, 0.25) is 5.91 Å². The molecule has 0 aromatic heterocycles. The summed E-state index contributed by atoms with van der Waals surface area (Å²) < 4.78 is 0. The number of hydrogen-bond donors (Lipinski definition) is 1. The van der Waals surface area contributed by atoms with Gasteiger partial charge in [-0.25, -0.2) is 0 Å². The number of rotatable bonds is 4. The van der Waals surface area contributed by atoms with Gasteiger partial charge in [0.25, 0.3) is 0 Å². The first-order chi connectivity index (χ1) is 8.74. The topological polar surface area (TPSA) is 46.3 Å². The molecule has 1 atom stereocenters. The van der Waals surface area contributed by atoms with Crippen LogP contribution in [0.15, 0.2) is 24.3 Å². The van der Waals surface area contributed by atoms with Gasteiger partial charge in [-0.05, 0) is 24.5 Å². The molecule has 1 aliphatic heterocycles. The third kappa shape index (κ3) is 2.72. The molecule has 2 rings (SSSR count). The van der Waals surface area contributed by atoms with Crippen molar-refractivity contribution in [3.8, 4) is 0 Å². The highest BCUT2D eigenvalue weighted by Crippen LogP contribution is 2.32. The van der Waals surface area contributed by atoms with E-state index in [1.165, 1.54) is 0 Å². The highest BCUT2D eigenvalue weighted by molar-refractivity contribution is 5.94. The molecule has 1 aliphatic rings. The number of fused-ring (bicyclic) bond motifs is 1. The average molecular weight is 246 g/mol. The Morgan fingerprint density at radius 2 is 2.17 bits per heavy atom. The van der Waals surface area contributed by atoms with Crippen LogP contribution in [0.3, 0.4) is 0 Å². The Bertz CT molecular complexity index is 417. The average Bonchev–Trinajstić information content (AvgIpc) is 2.39. The largest absolute Gasteiger partial charge is 0.324 e. The standard InChI is InChI=1S/C15H22N2O/c1-2-3-4-9-15(18)17-11-10-13(16)12-7-5-6-8-14(12)17/h5-8,13H,2-4,9-11,16H2,1H3. The predicted molar refractivity (Wildman–Crippen MR) is 74.5 cm³/mol. The Hall–Kier alpha value is -1.35. The zero-order valence-corrected chi connectivity index (χ0v) is 11.1. The molecule has 1 unspecified atom stereocenters. The van der Waals surface area contributed by atoms with Gasteiger partial charge in [0.1, 0.15) is 0 Å². The number of benzene rings is 1. The molecule has 3 nitrogen and oxygen atoms in total. The maximum atomic E-state index is 12.2. The minimum Gasteiger partial charge on any atom is -0.324 e. The summed E-state index contributed by atoms with van der Waals surface area (Å²) in [5.41, 5.74) is 8.21. The summed E-state index contributed by atoms with van der Waals surface area (Å²) in [4.78, 5) is 14.1. The molecule has 1 aromatic rings. The van der Waals surface area contributed by atoms with Gasteiger partial charge in [-0.3, -0.25) is 4.79 Å². The number of hydrogen-bond acceptors (Lipinski definition) is 2. The van der Waals surface area contributed by atoms with Crippen molar-refractivity contribution in [2.75, 3.05) is 11.4 Å². The third-order valence-corrected chi connectivity index (χ3v) is 3.59.